The Morgan fingerprint density at radius 1 is 1.06 bits per heavy atom. The van der Waals surface area contributed by atoms with Gasteiger partial charge in [0.25, 0.3) is 0 Å². The van der Waals surface area contributed by atoms with Crippen LogP contribution in [0.1, 0.15) is 51.1 Å². The molecule has 0 fully saturated rings. The number of hydrogen-bond acceptors (Lipinski definition) is 4. The summed E-state index contributed by atoms with van der Waals surface area (Å²) in [6, 6.07) is 3.83. The number of nitrogens with zero attached hydrogens (tertiary/aromatic N) is 2. The molecule has 4 nitrogen and oxygen atoms in total. The van der Waals surface area contributed by atoms with Crippen LogP contribution in [0, 0.1) is 0 Å². The van der Waals surface area contributed by atoms with Crippen LogP contribution >= 0.6 is 0 Å². The van der Waals surface area contributed by atoms with E-state index in [-0.39, 0.29) is 0 Å². The molecule has 102 valence electrons. The van der Waals surface area contributed by atoms with Gasteiger partial charge in [0.15, 0.2) is 0 Å². The lowest BCUT2D eigenvalue weighted by Crippen LogP contribution is -2.08. The maximum Gasteiger partial charge on any atom is 0.233 e. The lowest BCUT2D eigenvalue weighted by molar-refractivity contribution is 0.289. The standard InChI is InChI=1S/C14H25N3O/c1-3-4-5-6-7-8-11-18-14-10-9-13(12-15-2)16-17-14/h9-10,15H,3-8,11-12H2,1-2H3. The first-order valence-electron chi connectivity index (χ1n) is 6.96. The molecule has 18 heavy (non-hydrogen) atoms. The second kappa shape index (κ2) is 9.83. The number of rotatable bonds is 10. The van der Waals surface area contributed by atoms with Gasteiger partial charge >= 0.3 is 0 Å². The van der Waals surface area contributed by atoms with Crippen LogP contribution in [0.5, 0.6) is 5.88 Å². The van der Waals surface area contributed by atoms with E-state index < -0.39 is 0 Å². The quantitative estimate of drug-likeness (QED) is 0.649. The van der Waals surface area contributed by atoms with Crippen molar-refractivity contribution < 1.29 is 4.74 Å². The van der Waals surface area contributed by atoms with Crippen molar-refractivity contribution in [3.05, 3.63) is 17.8 Å². The second-order valence-corrected chi connectivity index (χ2v) is 4.51. The zero-order valence-corrected chi connectivity index (χ0v) is 11.6. The minimum Gasteiger partial charge on any atom is -0.477 e. The summed E-state index contributed by atoms with van der Waals surface area (Å²) < 4.78 is 5.55. The number of aromatic nitrogens is 2. The Balaban J connectivity index is 2.08. The van der Waals surface area contributed by atoms with Crippen LogP contribution in [-0.4, -0.2) is 23.9 Å². The van der Waals surface area contributed by atoms with Gasteiger partial charge in [0.2, 0.25) is 5.88 Å². The number of nitrogens with one attached hydrogen (secondary N) is 1. The molecular formula is C14H25N3O. The Hall–Kier alpha value is -1.16. The largest absolute Gasteiger partial charge is 0.477 e. The van der Waals surface area contributed by atoms with Gasteiger partial charge in [-0.3, -0.25) is 0 Å². The highest BCUT2D eigenvalue weighted by Gasteiger charge is 1.98. The van der Waals surface area contributed by atoms with E-state index >= 15 is 0 Å². The highest BCUT2D eigenvalue weighted by molar-refractivity contribution is 5.11. The topological polar surface area (TPSA) is 47.0 Å². The lowest BCUT2D eigenvalue weighted by atomic mass is 10.1. The molecular weight excluding hydrogens is 226 g/mol. The smallest absolute Gasteiger partial charge is 0.233 e. The third-order valence-corrected chi connectivity index (χ3v) is 2.80. The average Bonchev–Trinajstić information content (AvgIpc) is 2.40. The third-order valence-electron chi connectivity index (χ3n) is 2.80. The van der Waals surface area contributed by atoms with Crippen molar-refractivity contribution >= 4 is 0 Å². The van der Waals surface area contributed by atoms with Crippen LogP contribution in [0.3, 0.4) is 0 Å². The molecule has 1 aromatic heterocycles. The fraction of sp³-hybridized carbons (Fsp3) is 0.714. The van der Waals surface area contributed by atoms with Crippen molar-refractivity contribution in [1.29, 1.82) is 0 Å². The summed E-state index contributed by atoms with van der Waals surface area (Å²) in [6.45, 7) is 3.72. The van der Waals surface area contributed by atoms with Crippen LogP contribution in [0.25, 0.3) is 0 Å². The maximum atomic E-state index is 5.55. The average molecular weight is 251 g/mol. The van der Waals surface area contributed by atoms with Crippen LogP contribution in [-0.2, 0) is 6.54 Å². The molecule has 1 rings (SSSR count). The Labute approximate surface area is 110 Å². The highest BCUT2D eigenvalue weighted by Crippen LogP contribution is 2.08. The molecule has 0 bridgehead atoms. The van der Waals surface area contributed by atoms with Crippen LogP contribution in [0.2, 0.25) is 0 Å². The molecule has 1 heterocycles. The summed E-state index contributed by atoms with van der Waals surface area (Å²) in [4.78, 5) is 0. The second-order valence-electron chi connectivity index (χ2n) is 4.51. The van der Waals surface area contributed by atoms with Crippen LogP contribution < -0.4 is 10.1 Å². The monoisotopic (exact) mass is 251 g/mol. The van der Waals surface area contributed by atoms with Gasteiger partial charge in [-0.2, -0.15) is 5.10 Å². The van der Waals surface area contributed by atoms with Gasteiger partial charge in [-0.25, -0.2) is 0 Å². The van der Waals surface area contributed by atoms with Gasteiger partial charge in [0, 0.05) is 12.6 Å². The first kappa shape index (κ1) is 14.9. The van der Waals surface area contributed by atoms with Gasteiger partial charge in [0.05, 0.1) is 12.3 Å². The van der Waals surface area contributed by atoms with E-state index in [0.29, 0.717) is 5.88 Å². The Kier molecular flexibility index (Phi) is 8.13. The van der Waals surface area contributed by atoms with E-state index in [2.05, 4.69) is 22.4 Å². The zero-order chi connectivity index (χ0) is 13.1. The zero-order valence-electron chi connectivity index (χ0n) is 11.6. The summed E-state index contributed by atoms with van der Waals surface area (Å²) in [5.41, 5.74) is 0.935. The lowest BCUT2D eigenvalue weighted by Gasteiger charge is -2.05. The minimum atomic E-state index is 0.628. The SMILES string of the molecule is CCCCCCCCOc1ccc(CNC)nn1. The predicted octanol–water partition coefficient (Wildman–Crippen LogP) is 2.94. The third kappa shape index (κ3) is 6.55. The number of hydrogen-bond donors (Lipinski definition) is 1. The number of ether oxygens (including phenoxy) is 1. The molecule has 1 aromatic rings. The Morgan fingerprint density at radius 3 is 2.50 bits per heavy atom. The summed E-state index contributed by atoms with van der Waals surface area (Å²) in [5, 5.41) is 11.1. The van der Waals surface area contributed by atoms with E-state index in [1.807, 2.05) is 19.2 Å². The van der Waals surface area contributed by atoms with E-state index in [4.69, 9.17) is 4.74 Å². The van der Waals surface area contributed by atoms with Gasteiger partial charge in [-0.05, 0) is 19.5 Å². The molecule has 4 heteroatoms. The highest BCUT2D eigenvalue weighted by atomic mass is 16.5. The van der Waals surface area contributed by atoms with Gasteiger partial charge < -0.3 is 10.1 Å². The maximum absolute atomic E-state index is 5.55. The molecule has 0 aromatic carbocycles. The number of unbranched alkanes of at least 4 members (excludes halogenated alkanes) is 5. The summed E-state index contributed by atoms with van der Waals surface area (Å²) in [5.74, 6) is 0.628. The Morgan fingerprint density at radius 2 is 1.83 bits per heavy atom. The van der Waals surface area contributed by atoms with E-state index in [9.17, 15) is 0 Å². The van der Waals surface area contributed by atoms with Crippen molar-refractivity contribution in [3.8, 4) is 5.88 Å². The first-order valence-corrected chi connectivity index (χ1v) is 6.96. The fourth-order valence-electron chi connectivity index (χ4n) is 1.76. The molecule has 0 aliphatic heterocycles. The van der Waals surface area contributed by atoms with Crippen molar-refractivity contribution in [2.75, 3.05) is 13.7 Å². The molecule has 1 N–H and O–H groups in total. The molecule has 0 aliphatic rings. The summed E-state index contributed by atoms with van der Waals surface area (Å²) in [7, 11) is 1.89. The van der Waals surface area contributed by atoms with Gasteiger partial charge in [-0.15, -0.1) is 5.10 Å². The van der Waals surface area contributed by atoms with Crippen molar-refractivity contribution in [2.45, 2.75) is 52.0 Å². The van der Waals surface area contributed by atoms with Gasteiger partial charge in [0.1, 0.15) is 0 Å². The van der Waals surface area contributed by atoms with Gasteiger partial charge in [-0.1, -0.05) is 39.0 Å². The summed E-state index contributed by atoms with van der Waals surface area (Å²) >= 11 is 0. The predicted molar refractivity (Wildman–Crippen MR) is 73.7 cm³/mol. The van der Waals surface area contributed by atoms with E-state index in [1.54, 1.807) is 0 Å². The molecule has 0 unspecified atom stereocenters. The molecule has 0 aliphatic carbocycles. The van der Waals surface area contributed by atoms with Crippen molar-refractivity contribution in [2.24, 2.45) is 0 Å². The molecule has 0 radical (unpaired) electrons. The molecule has 0 spiro atoms. The molecule has 0 amide bonds. The minimum absolute atomic E-state index is 0.628. The van der Waals surface area contributed by atoms with E-state index in [1.165, 1.54) is 32.1 Å². The van der Waals surface area contributed by atoms with E-state index in [0.717, 1.165) is 25.3 Å². The van der Waals surface area contributed by atoms with Crippen molar-refractivity contribution in [1.82, 2.24) is 15.5 Å². The van der Waals surface area contributed by atoms with Crippen LogP contribution in [0.15, 0.2) is 12.1 Å². The molecule has 0 saturated heterocycles. The van der Waals surface area contributed by atoms with Crippen LogP contribution in [0.4, 0.5) is 0 Å². The molecule has 0 atom stereocenters. The normalized spacial score (nSPS) is 10.6. The Bertz CT molecular complexity index is 300. The first-order chi connectivity index (χ1) is 8.86. The molecule has 0 saturated carbocycles. The van der Waals surface area contributed by atoms with Crippen molar-refractivity contribution in [3.63, 3.8) is 0 Å². The summed E-state index contributed by atoms with van der Waals surface area (Å²) in [6.07, 6.45) is 7.64. The fourth-order valence-corrected chi connectivity index (χ4v) is 1.76.